The highest BCUT2D eigenvalue weighted by atomic mass is 16.2. The van der Waals surface area contributed by atoms with E-state index in [9.17, 15) is 9.59 Å². The number of benzene rings is 1. The van der Waals surface area contributed by atoms with Gasteiger partial charge in [0.15, 0.2) is 0 Å². The van der Waals surface area contributed by atoms with Crippen LogP contribution in [-0.2, 0) is 16.1 Å². The fraction of sp³-hybridized carbons (Fsp3) is 0.600. The van der Waals surface area contributed by atoms with Crippen molar-refractivity contribution in [1.29, 1.82) is 0 Å². The lowest BCUT2D eigenvalue weighted by atomic mass is 9.96. The maximum absolute atomic E-state index is 12.4. The molecule has 1 aromatic carbocycles. The molecule has 1 N–H and O–H groups in total. The molecule has 0 radical (unpaired) electrons. The van der Waals surface area contributed by atoms with Crippen molar-refractivity contribution in [3.8, 4) is 0 Å². The average Bonchev–Trinajstić information content (AvgIpc) is 3.46. The Morgan fingerprint density at radius 2 is 1.92 bits per heavy atom. The minimum Gasteiger partial charge on any atom is -0.347 e. The van der Waals surface area contributed by atoms with E-state index >= 15 is 0 Å². The molecule has 0 spiro atoms. The molecule has 2 aliphatic rings. The lowest BCUT2D eigenvalue weighted by molar-refractivity contribution is -0.134. The summed E-state index contributed by atoms with van der Waals surface area (Å²) < 4.78 is 0. The molecule has 1 saturated carbocycles. The Morgan fingerprint density at radius 1 is 1.20 bits per heavy atom. The Hall–Kier alpha value is -1.88. The van der Waals surface area contributed by atoms with Gasteiger partial charge in [0.05, 0.1) is 6.54 Å². The largest absolute Gasteiger partial charge is 0.347 e. The van der Waals surface area contributed by atoms with Crippen LogP contribution in [0.1, 0.15) is 38.2 Å². The first-order valence-electron chi connectivity index (χ1n) is 9.36. The highest BCUT2D eigenvalue weighted by molar-refractivity contribution is 5.86. The van der Waals surface area contributed by atoms with Crippen molar-refractivity contribution in [3.63, 3.8) is 0 Å². The second kappa shape index (κ2) is 8.00. The monoisotopic (exact) mass is 343 g/mol. The van der Waals surface area contributed by atoms with Gasteiger partial charge in [-0.15, -0.1) is 0 Å². The van der Waals surface area contributed by atoms with E-state index in [1.165, 1.54) is 5.56 Å². The molecule has 3 rings (SSSR count). The first kappa shape index (κ1) is 17.9. The van der Waals surface area contributed by atoms with Crippen LogP contribution >= 0.6 is 0 Å². The summed E-state index contributed by atoms with van der Waals surface area (Å²) >= 11 is 0. The van der Waals surface area contributed by atoms with Crippen LogP contribution in [0.2, 0.25) is 0 Å². The van der Waals surface area contributed by atoms with E-state index in [1.807, 2.05) is 18.0 Å². The van der Waals surface area contributed by atoms with Crippen molar-refractivity contribution in [2.24, 2.45) is 5.92 Å². The molecule has 2 atom stereocenters. The zero-order valence-electron chi connectivity index (χ0n) is 15.3. The maximum atomic E-state index is 12.4. The van der Waals surface area contributed by atoms with E-state index in [0.29, 0.717) is 6.04 Å². The van der Waals surface area contributed by atoms with Crippen LogP contribution < -0.4 is 5.32 Å². The van der Waals surface area contributed by atoms with Crippen LogP contribution in [0.3, 0.4) is 0 Å². The lowest BCUT2D eigenvalue weighted by Crippen LogP contribution is -2.51. The third kappa shape index (κ3) is 4.82. The standard InChI is InChI=1S/C20H29N3O2/c1-15-12-18(10-11-23(15)14-16-6-4-3-5-7-16)22(2)19(24)13-21-20(25)17-8-9-17/h3-7,15,17-18H,8-14H2,1-2H3,(H,21,25)/t15-,18-/m0/s1. The molecule has 1 aromatic rings. The molecule has 0 unspecified atom stereocenters. The minimum absolute atomic E-state index is 0.0164. The third-order valence-electron chi connectivity index (χ3n) is 5.52. The number of rotatable bonds is 6. The van der Waals surface area contributed by atoms with E-state index in [0.717, 1.165) is 38.8 Å². The number of carbonyl (C=O) groups is 2. The molecule has 0 aromatic heterocycles. The molecule has 1 aliphatic heterocycles. The topological polar surface area (TPSA) is 52.7 Å². The van der Waals surface area contributed by atoms with E-state index in [1.54, 1.807) is 0 Å². The van der Waals surface area contributed by atoms with Crippen LogP contribution in [0.15, 0.2) is 30.3 Å². The Morgan fingerprint density at radius 3 is 2.56 bits per heavy atom. The second-order valence-electron chi connectivity index (χ2n) is 7.48. The fourth-order valence-electron chi connectivity index (χ4n) is 3.58. The molecule has 136 valence electrons. The van der Waals surface area contributed by atoms with Gasteiger partial charge in [0.25, 0.3) is 0 Å². The molecule has 5 heteroatoms. The summed E-state index contributed by atoms with van der Waals surface area (Å²) in [6.07, 6.45) is 3.89. The molecule has 1 saturated heterocycles. The number of amides is 2. The van der Waals surface area contributed by atoms with Crippen molar-refractivity contribution in [3.05, 3.63) is 35.9 Å². The van der Waals surface area contributed by atoms with Gasteiger partial charge in [-0.05, 0) is 38.2 Å². The number of nitrogens with one attached hydrogen (secondary N) is 1. The molecular weight excluding hydrogens is 314 g/mol. The number of likely N-dealkylation sites (tertiary alicyclic amines) is 1. The van der Waals surface area contributed by atoms with Crippen molar-refractivity contribution in [2.75, 3.05) is 20.1 Å². The van der Waals surface area contributed by atoms with Crippen molar-refractivity contribution >= 4 is 11.8 Å². The SMILES string of the molecule is C[C@H]1C[C@@H](N(C)C(=O)CNC(=O)C2CC2)CCN1Cc1ccccc1. The molecule has 5 nitrogen and oxygen atoms in total. The zero-order valence-corrected chi connectivity index (χ0v) is 15.3. The highest BCUT2D eigenvalue weighted by Gasteiger charge is 2.32. The number of piperidine rings is 1. The smallest absolute Gasteiger partial charge is 0.241 e. The normalized spacial score (nSPS) is 23.9. The van der Waals surface area contributed by atoms with Crippen LogP contribution in [0.25, 0.3) is 0 Å². The van der Waals surface area contributed by atoms with Crippen LogP contribution in [0.5, 0.6) is 0 Å². The minimum atomic E-state index is 0.0164. The van der Waals surface area contributed by atoms with Crippen LogP contribution in [0.4, 0.5) is 0 Å². The molecule has 25 heavy (non-hydrogen) atoms. The fourth-order valence-corrected chi connectivity index (χ4v) is 3.58. The number of nitrogens with zero attached hydrogens (tertiary/aromatic N) is 2. The summed E-state index contributed by atoms with van der Waals surface area (Å²) in [5.74, 6) is 0.204. The van der Waals surface area contributed by atoms with Gasteiger partial charge in [-0.25, -0.2) is 0 Å². The number of hydrogen-bond donors (Lipinski definition) is 1. The summed E-state index contributed by atoms with van der Waals surface area (Å²) in [5.41, 5.74) is 1.33. The summed E-state index contributed by atoms with van der Waals surface area (Å²) in [6.45, 7) is 4.32. The third-order valence-corrected chi connectivity index (χ3v) is 5.52. The summed E-state index contributed by atoms with van der Waals surface area (Å²) in [5, 5.41) is 2.78. The van der Waals surface area contributed by atoms with E-state index in [4.69, 9.17) is 0 Å². The Kier molecular flexibility index (Phi) is 5.74. The molecule has 0 bridgehead atoms. The van der Waals surface area contributed by atoms with Gasteiger partial charge in [0.2, 0.25) is 11.8 Å². The Bertz CT molecular complexity index is 600. The van der Waals surface area contributed by atoms with Gasteiger partial charge in [0.1, 0.15) is 0 Å². The van der Waals surface area contributed by atoms with Gasteiger partial charge >= 0.3 is 0 Å². The van der Waals surface area contributed by atoms with Gasteiger partial charge in [-0.2, -0.15) is 0 Å². The van der Waals surface area contributed by atoms with Gasteiger partial charge < -0.3 is 10.2 Å². The molecule has 2 amide bonds. The lowest BCUT2D eigenvalue weighted by Gasteiger charge is -2.41. The molecular formula is C20H29N3O2. The van der Waals surface area contributed by atoms with E-state index in [-0.39, 0.29) is 30.3 Å². The highest BCUT2D eigenvalue weighted by Crippen LogP contribution is 2.28. The Labute approximate surface area is 150 Å². The first-order valence-corrected chi connectivity index (χ1v) is 9.36. The maximum Gasteiger partial charge on any atom is 0.241 e. The first-order chi connectivity index (χ1) is 12.0. The second-order valence-corrected chi connectivity index (χ2v) is 7.48. The molecule has 1 heterocycles. The predicted molar refractivity (Wildman–Crippen MR) is 97.8 cm³/mol. The molecule has 1 aliphatic carbocycles. The predicted octanol–water partition coefficient (Wildman–Crippen LogP) is 2.02. The van der Waals surface area contributed by atoms with Gasteiger partial charge in [-0.1, -0.05) is 30.3 Å². The molecule has 2 fully saturated rings. The summed E-state index contributed by atoms with van der Waals surface area (Å²) in [6, 6.07) is 11.2. The van der Waals surface area contributed by atoms with E-state index in [2.05, 4.69) is 41.4 Å². The Balaban J connectivity index is 1.46. The van der Waals surface area contributed by atoms with Crippen LogP contribution in [-0.4, -0.2) is 53.8 Å². The number of carbonyl (C=O) groups excluding carboxylic acids is 2. The summed E-state index contributed by atoms with van der Waals surface area (Å²) in [7, 11) is 1.87. The van der Waals surface area contributed by atoms with E-state index < -0.39 is 0 Å². The average molecular weight is 343 g/mol. The van der Waals surface area contributed by atoms with Crippen molar-refractivity contribution in [1.82, 2.24) is 15.1 Å². The quantitative estimate of drug-likeness (QED) is 0.860. The van der Waals surface area contributed by atoms with Gasteiger partial charge in [0, 0.05) is 38.1 Å². The number of hydrogen-bond acceptors (Lipinski definition) is 3. The summed E-state index contributed by atoms with van der Waals surface area (Å²) in [4.78, 5) is 28.4. The van der Waals surface area contributed by atoms with Crippen LogP contribution in [0, 0.1) is 5.92 Å². The van der Waals surface area contributed by atoms with Crippen molar-refractivity contribution < 1.29 is 9.59 Å². The van der Waals surface area contributed by atoms with Crippen molar-refractivity contribution in [2.45, 2.75) is 51.2 Å². The zero-order chi connectivity index (χ0) is 17.8. The van der Waals surface area contributed by atoms with Gasteiger partial charge in [-0.3, -0.25) is 14.5 Å². The number of likely N-dealkylation sites (N-methyl/N-ethyl adjacent to an activating group) is 1.